The highest BCUT2D eigenvalue weighted by Gasteiger charge is 2.22. The Balaban J connectivity index is 0.000000288. The molecule has 16 heavy (non-hydrogen) atoms. The van der Waals surface area contributed by atoms with Crippen molar-refractivity contribution < 1.29 is 4.74 Å². The zero-order valence-electron chi connectivity index (χ0n) is 12.2. The molecule has 0 unspecified atom stereocenters. The zero-order chi connectivity index (χ0) is 12.8. The van der Waals surface area contributed by atoms with Gasteiger partial charge in [0.1, 0.15) is 16.5 Å². The number of hydrogen-bond donors (Lipinski definition) is 1. The zero-order valence-corrected chi connectivity index (χ0v) is 14.2. The van der Waals surface area contributed by atoms with Gasteiger partial charge in [0.2, 0.25) is 0 Å². The fraction of sp³-hybridized carbons (Fsp3) is 1.00. The third-order valence-corrected chi connectivity index (χ3v) is 7.98. The SMILES string of the molecule is CN1CCOCC1.C[Si](C)(C)N[Si](C)(C)C. The fourth-order valence-corrected chi connectivity index (χ4v) is 10.8. The van der Waals surface area contributed by atoms with Crippen LogP contribution in [-0.2, 0) is 4.74 Å². The Kier molecular flexibility index (Phi) is 7.04. The van der Waals surface area contributed by atoms with E-state index in [1.54, 1.807) is 0 Å². The van der Waals surface area contributed by atoms with E-state index in [2.05, 4.69) is 55.9 Å². The molecule has 1 saturated heterocycles. The molecule has 1 aliphatic rings. The van der Waals surface area contributed by atoms with E-state index in [-0.39, 0.29) is 0 Å². The van der Waals surface area contributed by atoms with Gasteiger partial charge in [-0.05, 0) is 7.05 Å². The van der Waals surface area contributed by atoms with Crippen LogP contribution >= 0.6 is 0 Å². The van der Waals surface area contributed by atoms with E-state index in [0.717, 1.165) is 26.3 Å². The smallest absolute Gasteiger partial charge is 0.109 e. The number of hydrogen-bond acceptors (Lipinski definition) is 3. The highest BCUT2D eigenvalue weighted by atomic mass is 28.4. The van der Waals surface area contributed by atoms with Gasteiger partial charge in [0.05, 0.1) is 13.2 Å². The second-order valence-corrected chi connectivity index (χ2v) is 16.5. The second-order valence-electron chi connectivity index (χ2n) is 6.54. The van der Waals surface area contributed by atoms with E-state index >= 15 is 0 Å². The van der Waals surface area contributed by atoms with E-state index in [4.69, 9.17) is 4.74 Å². The van der Waals surface area contributed by atoms with Gasteiger partial charge in [0.25, 0.3) is 0 Å². The summed E-state index contributed by atoms with van der Waals surface area (Å²) in [5.74, 6) is 0. The van der Waals surface area contributed by atoms with Crippen molar-refractivity contribution in [3.05, 3.63) is 0 Å². The highest BCUT2D eigenvalue weighted by molar-refractivity contribution is 6.90. The lowest BCUT2D eigenvalue weighted by molar-refractivity contribution is 0.0503. The molecule has 0 spiro atoms. The van der Waals surface area contributed by atoms with Crippen molar-refractivity contribution in [1.82, 2.24) is 9.55 Å². The van der Waals surface area contributed by atoms with Crippen LogP contribution in [0.5, 0.6) is 0 Å². The fourth-order valence-electron chi connectivity index (χ4n) is 1.78. The predicted octanol–water partition coefficient (Wildman–Crippen LogP) is 2.19. The van der Waals surface area contributed by atoms with E-state index in [1.165, 1.54) is 0 Å². The third-order valence-electron chi connectivity index (χ3n) is 1.98. The van der Waals surface area contributed by atoms with Crippen molar-refractivity contribution in [2.45, 2.75) is 39.3 Å². The van der Waals surface area contributed by atoms with Crippen molar-refractivity contribution in [2.75, 3.05) is 33.4 Å². The average Bonchev–Trinajstić information content (AvgIpc) is 1.99. The predicted molar refractivity (Wildman–Crippen MR) is 78.1 cm³/mol. The molecule has 1 N–H and O–H groups in total. The number of rotatable bonds is 2. The van der Waals surface area contributed by atoms with Crippen LogP contribution in [0.25, 0.3) is 0 Å². The Labute approximate surface area is 104 Å². The van der Waals surface area contributed by atoms with Gasteiger partial charge in [-0.3, -0.25) is 0 Å². The van der Waals surface area contributed by atoms with Crippen molar-refractivity contribution >= 4 is 16.5 Å². The lowest BCUT2D eigenvalue weighted by Gasteiger charge is -2.28. The summed E-state index contributed by atoms with van der Waals surface area (Å²) in [6, 6.07) is 0. The molecule has 1 rings (SSSR count). The first-order valence-electron chi connectivity index (χ1n) is 6.16. The summed E-state index contributed by atoms with van der Waals surface area (Å²) in [7, 11) is 0.152. The Morgan fingerprint density at radius 1 is 0.875 bits per heavy atom. The van der Waals surface area contributed by atoms with E-state index in [9.17, 15) is 0 Å². The van der Waals surface area contributed by atoms with Crippen LogP contribution in [0.2, 0.25) is 39.3 Å². The molecule has 98 valence electrons. The van der Waals surface area contributed by atoms with Gasteiger partial charge < -0.3 is 14.3 Å². The number of nitrogens with one attached hydrogen (secondary N) is 1. The number of ether oxygens (including phenoxy) is 1. The Hall–Kier alpha value is 0.314. The minimum Gasteiger partial charge on any atom is -0.379 e. The Bertz CT molecular complexity index is 169. The maximum atomic E-state index is 5.10. The molecular formula is C11H30N2OSi2. The number of morpholine rings is 1. The summed E-state index contributed by atoms with van der Waals surface area (Å²) in [5.41, 5.74) is 0. The lowest BCUT2D eigenvalue weighted by atomic mass is 10.5. The topological polar surface area (TPSA) is 24.5 Å². The molecule has 1 heterocycles. The van der Waals surface area contributed by atoms with Gasteiger partial charge in [0.15, 0.2) is 0 Å². The van der Waals surface area contributed by atoms with Crippen molar-refractivity contribution in [3.63, 3.8) is 0 Å². The molecule has 5 heteroatoms. The van der Waals surface area contributed by atoms with Gasteiger partial charge >= 0.3 is 0 Å². The van der Waals surface area contributed by atoms with Gasteiger partial charge in [-0.2, -0.15) is 0 Å². The average molecular weight is 263 g/mol. The molecule has 0 amide bonds. The monoisotopic (exact) mass is 262 g/mol. The highest BCUT2D eigenvalue weighted by Crippen LogP contribution is 2.02. The molecule has 1 aliphatic heterocycles. The van der Waals surface area contributed by atoms with E-state index in [0.29, 0.717) is 0 Å². The molecule has 0 radical (unpaired) electrons. The second kappa shape index (κ2) is 6.91. The summed E-state index contributed by atoms with van der Waals surface area (Å²) >= 11 is 0. The van der Waals surface area contributed by atoms with Gasteiger partial charge in [-0.15, -0.1) is 0 Å². The van der Waals surface area contributed by atoms with Crippen LogP contribution in [0.15, 0.2) is 0 Å². The first-order valence-corrected chi connectivity index (χ1v) is 13.2. The van der Waals surface area contributed by atoms with Crippen molar-refractivity contribution in [3.8, 4) is 0 Å². The van der Waals surface area contributed by atoms with Gasteiger partial charge in [-0.25, -0.2) is 0 Å². The molecule has 3 nitrogen and oxygen atoms in total. The minimum atomic E-state index is -0.981. The Morgan fingerprint density at radius 3 is 1.38 bits per heavy atom. The molecule has 0 bridgehead atoms. The summed E-state index contributed by atoms with van der Waals surface area (Å²) in [4.78, 5) is 2.27. The Morgan fingerprint density at radius 2 is 1.25 bits per heavy atom. The minimum absolute atomic E-state index is 0.913. The molecule has 0 atom stereocenters. The summed E-state index contributed by atoms with van der Waals surface area (Å²) in [5, 5.41) is 0. The first-order chi connectivity index (χ1) is 7.10. The molecule has 0 aromatic rings. The number of nitrogens with zero attached hydrogens (tertiary/aromatic N) is 1. The summed E-state index contributed by atoms with van der Waals surface area (Å²) < 4.78 is 8.83. The maximum Gasteiger partial charge on any atom is 0.109 e. The first kappa shape index (κ1) is 16.3. The molecule has 0 aromatic carbocycles. The summed E-state index contributed by atoms with van der Waals surface area (Å²) in [6.45, 7) is 18.1. The molecule has 0 saturated carbocycles. The van der Waals surface area contributed by atoms with Crippen LogP contribution in [0, 0.1) is 0 Å². The van der Waals surface area contributed by atoms with Crippen molar-refractivity contribution in [2.24, 2.45) is 0 Å². The summed E-state index contributed by atoms with van der Waals surface area (Å²) in [6.07, 6.45) is 0. The molecule has 1 fully saturated rings. The van der Waals surface area contributed by atoms with Crippen LogP contribution in [-0.4, -0.2) is 54.7 Å². The van der Waals surface area contributed by atoms with E-state index < -0.39 is 16.5 Å². The van der Waals surface area contributed by atoms with Crippen LogP contribution in [0.4, 0.5) is 0 Å². The molecular weight excluding hydrogens is 232 g/mol. The van der Waals surface area contributed by atoms with Gasteiger partial charge in [-0.1, -0.05) is 39.3 Å². The normalized spacial score (nSPS) is 18.9. The van der Waals surface area contributed by atoms with Crippen LogP contribution in [0.3, 0.4) is 0 Å². The lowest BCUT2D eigenvalue weighted by Crippen LogP contribution is -2.55. The molecule has 0 aliphatic carbocycles. The van der Waals surface area contributed by atoms with E-state index in [1.807, 2.05) is 0 Å². The standard InChI is InChI=1S/C6H19NSi2.C5H11NO/c1-8(2,3)7-9(4,5)6;1-6-2-4-7-5-3-6/h7H,1-6H3;2-5H2,1H3. The van der Waals surface area contributed by atoms with Gasteiger partial charge in [0, 0.05) is 13.1 Å². The molecule has 0 aromatic heterocycles. The van der Waals surface area contributed by atoms with Crippen LogP contribution < -0.4 is 4.65 Å². The number of likely N-dealkylation sites (N-methyl/N-ethyl adjacent to an activating group) is 1. The van der Waals surface area contributed by atoms with Crippen LogP contribution in [0.1, 0.15) is 0 Å². The quantitative estimate of drug-likeness (QED) is 0.772. The largest absolute Gasteiger partial charge is 0.379 e. The third kappa shape index (κ3) is 12.4. The van der Waals surface area contributed by atoms with Crippen molar-refractivity contribution in [1.29, 1.82) is 0 Å². The maximum absolute atomic E-state index is 5.10.